The van der Waals surface area contributed by atoms with E-state index < -0.39 is 29.4 Å². The van der Waals surface area contributed by atoms with E-state index in [1.165, 1.54) is 18.2 Å². The summed E-state index contributed by atoms with van der Waals surface area (Å²) in [5.74, 6) is -3.30. The maximum Gasteiger partial charge on any atom is 0.335 e. The van der Waals surface area contributed by atoms with E-state index in [4.69, 9.17) is 14.9 Å². The van der Waals surface area contributed by atoms with Crippen molar-refractivity contribution in [2.24, 2.45) is 0 Å². The third-order valence-electron chi connectivity index (χ3n) is 3.11. The molecule has 0 aromatic heterocycles. The number of hydrogen-bond donors (Lipinski definition) is 3. The van der Waals surface area contributed by atoms with Crippen LogP contribution in [0.1, 0.15) is 20.7 Å². The maximum absolute atomic E-state index is 11.9. The predicted octanol–water partition coefficient (Wildman–Crippen LogP) is 2.01. The molecule has 0 aliphatic heterocycles. The second kappa shape index (κ2) is 7.75. The molecule has 1 amide bonds. The number of anilines is 1. The van der Waals surface area contributed by atoms with Gasteiger partial charge in [0.25, 0.3) is 11.6 Å². The smallest absolute Gasteiger partial charge is 0.335 e. The summed E-state index contributed by atoms with van der Waals surface area (Å²) in [6.45, 7) is -0.513. The highest BCUT2D eigenvalue weighted by molar-refractivity contribution is 5.98. The number of nitro benzene ring substituents is 1. The van der Waals surface area contributed by atoms with Crippen molar-refractivity contribution >= 4 is 29.2 Å². The van der Waals surface area contributed by atoms with E-state index in [1.54, 1.807) is 0 Å². The third-order valence-corrected chi connectivity index (χ3v) is 3.11. The Kier molecular flexibility index (Phi) is 5.48. The van der Waals surface area contributed by atoms with Gasteiger partial charge in [-0.15, -0.1) is 0 Å². The number of carboxylic acid groups (broad SMARTS) is 2. The highest BCUT2D eigenvalue weighted by atomic mass is 16.6. The van der Waals surface area contributed by atoms with E-state index in [0.717, 1.165) is 24.3 Å². The molecule has 134 valence electrons. The molecule has 0 heterocycles. The van der Waals surface area contributed by atoms with Gasteiger partial charge in [-0.3, -0.25) is 14.9 Å². The van der Waals surface area contributed by atoms with Crippen molar-refractivity contribution in [2.75, 3.05) is 11.9 Å². The Morgan fingerprint density at radius 3 is 2.19 bits per heavy atom. The Labute approximate surface area is 145 Å². The van der Waals surface area contributed by atoms with Gasteiger partial charge in [0.15, 0.2) is 6.61 Å². The van der Waals surface area contributed by atoms with Crippen LogP contribution in [0.25, 0.3) is 0 Å². The Bertz CT molecular complexity index is 861. The number of amides is 1. The average molecular weight is 360 g/mol. The number of aromatic carboxylic acids is 2. The van der Waals surface area contributed by atoms with Gasteiger partial charge >= 0.3 is 11.9 Å². The summed E-state index contributed by atoms with van der Waals surface area (Å²) in [5.41, 5.74) is -0.849. The molecule has 0 fully saturated rings. The van der Waals surface area contributed by atoms with Crippen LogP contribution >= 0.6 is 0 Å². The zero-order valence-electron chi connectivity index (χ0n) is 13.0. The molecule has 2 aromatic rings. The largest absolute Gasteiger partial charge is 0.484 e. The minimum atomic E-state index is -1.35. The summed E-state index contributed by atoms with van der Waals surface area (Å²) in [6.07, 6.45) is 0. The van der Waals surface area contributed by atoms with Crippen LogP contribution in [-0.2, 0) is 4.79 Å². The summed E-state index contributed by atoms with van der Waals surface area (Å²) in [5, 5.41) is 31.0. The van der Waals surface area contributed by atoms with Gasteiger partial charge in [0.2, 0.25) is 0 Å². The van der Waals surface area contributed by atoms with Crippen LogP contribution in [0, 0.1) is 10.1 Å². The van der Waals surface area contributed by atoms with Crippen molar-refractivity contribution in [3.63, 3.8) is 0 Å². The zero-order chi connectivity index (χ0) is 19.3. The number of carbonyl (C=O) groups is 3. The van der Waals surface area contributed by atoms with Crippen LogP contribution in [0.2, 0.25) is 0 Å². The van der Waals surface area contributed by atoms with Gasteiger partial charge in [-0.2, -0.15) is 0 Å². The van der Waals surface area contributed by atoms with Gasteiger partial charge in [-0.1, -0.05) is 6.07 Å². The summed E-state index contributed by atoms with van der Waals surface area (Å²) < 4.78 is 5.14. The minimum absolute atomic E-state index is 0.0325. The number of non-ortho nitro benzene ring substituents is 1. The Hall–Kier alpha value is -3.95. The lowest BCUT2D eigenvalue weighted by atomic mass is 10.1. The molecule has 0 spiro atoms. The molecule has 10 nitrogen and oxygen atoms in total. The number of benzene rings is 2. The van der Waals surface area contributed by atoms with E-state index in [0.29, 0.717) is 0 Å². The quantitative estimate of drug-likeness (QED) is 0.500. The molecule has 2 aromatic carbocycles. The Morgan fingerprint density at radius 2 is 1.65 bits per heavy atom. The van der Waals surface area contributed by atoms with E-state index in [2.05, 4.69) is 5.32 Å². The second-order valence-electron chi connectivity index (χ2n) is 5.00. The zero-order valence-corrected chi connectivity index (χ0v) is 13.0. The van der Waals surface area contributed by atoms with E-state index in [-0.39, 0.29) is 28.3 Å². The molecule has 0 bridgehead atoms. The van der Waals surface area contributed by atoms with Crippen LogP contribution in [0.15, 0.2) is 42.5 Å². The van der Waals surface area contributed by atoms with Crippen LogP contribution in [0.5, 0.6) is 5.75 Å². The number of rotatable bonds is 7. The number of nitrogens with one attached hydrogen (secondary N) is 1. The monoisotopic (exact) mass is 360 g/mol. The first-order chi connectivity index (χ1) is 12.3. The molecule has 2 rings (SSSR count). The lowest BCUT2D eigenvalue weighted by Crippen LogP contribution is -2.20. The van der Waals surface area contributed by atoms with Gasteiger partial charge in [0.05, 0.1) is 22.1 Å². The first-order valence-corrected chi connectivity index (χ1v) is 7.05. The first-order valence-electron chi connectivity index (χ1n) is 7.05. The van der Waals surface area contributed by atoms with E-state index >= 15 is 0 Å². The third kappa shape index (κ3) is 4.77. The Balaban J connectivity index is 2.08. The number of ether oxygens (including phenoxy) is 1. The van der Waals surface area contributed by atoms with Gasteiger partial charge in [-0.25, -0.2) is 9.59 Å². The van der Waals surface area contributed by atoms with Crippen LogP contribution in [0.4, 0.5) is 11.4 Å². The van der Waals surface area contributed by atoms with Crippen LogP contribution in [-0.4, -0.2) is 39.6 Å². The average Bonchev–Trinajstić information content (AvgIpc) is 2.59. The number of hydrogen-bond acceptors (Lipinski definition) is 6. The van der Waals surface area contributed by atoms with Gasteiger partial charge in [0.1, 0.15) is 5.75 Å². The maximum atomic E-state index is 11.9. The van der Waals surface area contributed by atoms with Crippen molar-refractivity contribution < 1.29 is 34.3 Å². The minimum Gasteiger partial charge on any atom is -0.484 e. The molecular formula is C16H12N2O8. The predicted molar refractivity (Wildman–Crippen MR) is 87.6 cm³/mol. The summed E-state index contributed by atoms with van der Waals surface area (Å²) in [6, 6.07) is 8.37. The van der Waals surface area contributed by atoms with Crippen LogP contribution in [0.3, 0.4) is 0 Å². The fourth-order valence-electron chi connectivity index (χ4n) is 1.98. The fraction of sp³-hybridized carbons (Fsp3) is 0.0625. The van der Waals surface area contributed by atoms with Gasteiger partial charge < -0.3 is 20.3 Å². The first kappa shape index (κ1) is 18.4. The van der Waals surface area contributed by atoms with Crippen molar-refractivity contribution in [1.82, 2.24) is 0 Å². The summed E-state index contributed by atoms with van der Waals surface area (Å²) >= 11 is 0. The molecule has 0 atom stereocenters. The molecular weight excluding hydrogens is 348 g/mol. The van der Waals surface area contributed by atoms with Crippen molar-refractivity contribution in [3.8, 4) is 5.75 Å². The van der Waals surface area contributed by atoms with Crippen molar-refractivity contribution in [3.05, 3.63) is 63.7 Å². The second-order valence-corrected chi connectivity index (χ2v) is 5.00. The molecule has 26 heavy (non-hydrogen) atoms. The van der Waals surface area contributed by atoms with Gasteiger partial charge in [0, 0.05) is 11.8 Å². The topological polar surface area (TPSA) is 156 Å². The number of carboxylic acids is 2. The number of carbonyl (C=O) groups excluding carboxylic acids is 1. The molecule has 3 N–H and O–H groups in total. The SMILES string of the molecule is O=C(COc1cccc([N+](=O)[O-])c1)Nc1cc(C(=O)O)cc(C(=O)O)c1. The highest BCUT2D eigenvalue weighted by Crippen LogP contribution is 2.19. The normalized spacial score (nSPS) is 10.0. The molecule has 10 heteroatoms. The molecule has 0 aliphatic carbocycles. The Morgan fingerprint density at radius 1 is 1.04 bits per heavy atom. The summed E-state index contributed by atoms with van der Waals surface area (Å²) in [7, 11) is 0. The van der Waals surface area contributed by atoms with Crippen molar-refractivity contribution in [1.29, 1.82) is 0 Å². The highest BCUT2D eigenvalue weighted by Gasteiger charge is 2.13. The standard InChI is InChI=1S/C16H12N2O8/c19-14(8-26-13-3-1-2-12(7-13)18(24)25)17-11-5-9(15(20)21)4-10(6-11)16(22)23/h1-7H,8H2,(H,17,19)(H,20,21)(H,22,23). The molecule has 0 saturated heterocycles. The molecule has 0 aliphatic rings. The van der Waals surface area contributed by atoms with Crippen molar-refractivity contribution in [2.45, 2.75) is 0 Å². The lowest BCUT2D eigenvalue weighted by Gasteiger charge is -2.09. The molecule has 0 unspecified atom stereocenters. The van der Waals surface area contributed by atoms with Crippen LogP contribution < -0.4 is 10.1 Å². The molecule has 0 saturated carbocycles. The lowest BCUT2D eigenvalue weighted by molar-refractivity contribution is -0.384. The molecule has 0 radical (unpaired) electrons. The van der Waals surface area contributed by atoms with E-state index in [1.807, 2.05) is 0 Å². The number of nitrogens with zero attached hydrogens (tertiary/aromatic N) is 1. The number of nitro groups is 1. The van der Waals surface area contributed by atoms with E-state index in [9.17, 15) is 24.5 Å². The summed E-state index contributed by atoms with van der Waals surface area (Å²) in [4.78, 5) is 44.0. The fourth-order valence-corrected chi connectivity index (χ4v) is 1.98. The van der Waals surface area contributed by atoms with Gasteiger partial charge in [-0.05, 0) is 24.3 Å².